The highest BCUT2D eigenvalue weighted by atomic mass is 16.5. The van der Waals surface area contributed by atoms with E-state index in [0.29, 0.717) is 13.1 Å². The first-order chi connectivity index (χ1) is 13.7. The lowest BCUT2D eigenvalue weighted by atomic mass is 10.2. The summed E-state index contributed by atoms with van der Waals surface area (Å²) in [5, 5.41) is 3.00. The summed E-state index contributed by atoms with van der Waals surface area (Å²) < 4.78 is 10.4. The Bertz CT molecular complexity index is 756. The maximum absolute atomic E-state index is 12.3. The fourth-order valence-electron chi connectivity index (χ4n) is 3.34. The van der Waals surface area contributed by atoms with Gasteiger partial charge in [-0.25, -0.2) is 0 Å². The summed E-state index contributed by atoms with van der Waals surface area (Å²) >= 11 is 0. The van der Waals surface area contributed by atoms with Gasteiger partial charge in [0, 0.05) is 39.3 Å². The Morgan fingerprint density at radius 1 is 0.893 bits per heavy atom. The van der Waals surface area contributed by atoms with E-state index in [0.717, 1.165) is 49.8 Å². The van der Waals surface area contributed by atoms with Crippen molar-refractivity contribution in [3.63, 3.8) is 0 Å². The van der Waals surface area contributed by atoms with E-state index in [2.05, 4.69) is 27.2 Å². The van der Waals surface area contributed by atoms with Crippen molar-refractivity contribution < 1.29 is 14.3 Å². The van der Waals surface area contributed by atoms with Crippen molar-refractivity contribution >= 4 is 5.91 Å². The molecular formula is C22H29N3O3. The Hall–Kier alpha value is -2.57. The lowest BCUT2D eigenvalue weighted by molar-refractivity contribution is -0.122. The van der Waals surface area contributed by atoms with Crippen LogP contribution in [-0.4, -0.2) is 62.7 Å². The maximum Gasteiger partial charge on any atom is 0.234 e. The molecule has 2 aromatic rings. The number of amides is 1. The number of nitrogens with one attached hydrogen (secondary N) is 1. The third-order valence-corrected chi connectivity index (χ3v) is 5.02. The number of carbonyl (C=O) groups is 1. The molecule has 3 rings (SSSR count). The SMILES string of the molecule is COc1ccc(CN2CCN(CC(=O)NCc3cccc(OC)c3)CC2)cc1. The number of hydrogen-bond donors (Lipinski definition) is 1. The molecule has 0 aromatic heterocycles. The fourth-order valence-corrected chi connectivity index (χ4v) is 3.34. The Labute approximate surface area is 167 Å². The molecule has 0 spiro atoms. The van der Waals surface area contributed by atoms with Gasteiger partial charge in [-0.3, -0.25) is 14.6 Å². The molecular weight excluding hydrogens is 354 g/mol. The van der Waals surface area contributed by atoms with Crippen molar-refractivity contribution in [2.75, 3.05) is 46.9 Å². The zero-order chi connectivity index (χ0) is 19.8. The van der Waals surface area contributed by atoms with Crippen molar-refractivity contribution in [1.29, 1.82) is 0 Å². The monoisotopic (exact) mass is 383 g/mol. The first kappa shape index (κ1) is 20.2. The molecule has 0 saturated carbocycles. The predicted molar refractivity (Wildman–Crippen MR) is 110 cm³/mol. The summed E-state index contributed by atoms with van der Waals surface area (Å²) in [5.41, 5.74) is 2.32. The van der Waals surface area contributed by atoms with Crippen LogP contribution in [0, 0.1) is 0 Å². The van der Waals surface area contributed by atoms with E-state index in [4.69, 9.17) is 9.47 Å². The quantitative estimate of drug-likeness (QED) is 0.757. The molecule has 150 valence electrons. The zero-order valence-electron chi connectivity index (χ0n) is 16.7. The number of carbonyl (C=O) groups excluding carboxylic acids is 1. The van der Waals surface area contributed by atoms with Crippen LogP contribution < -0.4 is 14.8 Å². The van der Waals surface area contributed by atoms with Gasteiger partial charge in [-0.2, -0.15) is 0 Å². The number of hydrogen-bond acceptors (Lipinski definition) is 5. The third kappa shape index (κ3) is 5.97. The molecule has 6 nitrogen and oxygen atoms in total. The smallest absolute Gasteiger partial charge is 0.234 e. The van der Waals surface area contributed by atoms with Crippen molar-refractivity contribution in [2.45, 2.75) is 13.1 Å². The topological polar surface area (TPSA) is 54.0 Å². The summed E-state index contributed by atoms with van der Waals surface area (Å²) in [5.74, 6) is 1.75. The van der Waals surface area contributed by atoms with Gasteiger partial charge in [-0.1, -0.05) is 24.3 Å². The first-order valence-corrected chi connectivity index (χ1v) is 9.63. The van der Waals surface area contributed by atoms with Gasteiger partial charge in [0.05, 0.1) is 20.8 Å². The van der Waals surface area contributed by atoms with Crippen LogP contribution in [0.3, 0.4) is 0 Å². The van der Waals surface area contributed by atoms with E-state index < -0.39 is 0 Å². The van der Waals surface area contributed by atoms with Crippen LogP contribution in [0.25, 0.3) is 0 Å². The van der Waals surface area contributed by atoms with Gasteiger partial charge in [0.15, 0.2) is 0 Å². The molecule has 28 heavy (non-hydrogen) atoms. The molecule has 1 fully saturated rings. The van der Waals surface area contributed by atoms with Gasteiger partial charge in [0.2, 0.25) is 5.91 Å². The van der Waals surface area contributed by atoms with E-state index in [-0.39, 0.29) is 5.91 Å². The van der Waals surface area contributed by atoms with Gasteiger partial charge in [-0.05, 0) is 35.4 Å². The first-order valence-electron chi connectivity index (χ1n) is 9.63. The van der Waals surface area contributed by atoms with E-state index in [1.54, 1.807) is 14.2 Å². The van der Waals surface area contributed by atoms with Crippen molar-refractivity contribution in [2.24, 2.45) is 0 Å². The number of ether oxygens (including phenoxy) is 2. The highest BCUT2D eigenvalue weighted by Crippen LogP contribution is 2.14. The van der Waals surface area contributed by atoms with Crippen LogP contribution in [0.15, 0.2) is 48.5 Å². The van der Waals surface area contributed by atoms with Gasteiger partial charge in [0.25, 0.3) is 0 Å². The van der Waals surface area contributed by atoms with E-state index >= 15 is 0 Å². The van der Waals surface area contributed by atoms with E-state index in [1.165, 1.54) is 5.56 Å². The average Bonchev–Trinajstić information content (AvgIpc) is 2.74. The molecule has 0 bridgehead atoms. The van der Waals surface area contributed by atoms with E-state index in [9.17, 15) is 4.79 Å². The van der Waals surface area contributed by atoms with Gasteiger partial charge < -0.3 is 14.8 Å². The lowest BCUT2D eigenvalue weighted by Crippen LogP contribution is -2.49. The Balaban J connectivity index is 1.37. The predicted octanol–water partition coefficient (Wildman–Crippen LogP) is 2.14. The van der Waals surface area contributed by atoms with Crippen LogP contribution >= 0.6 is 0 Å². The highest BCUT2D eigenvalue weighted by Gasteiger charge is 2.19. The number of rotatable bonds is 8. The third-order valence-electron chi connectivity index (χ3n) is 5.02. The van der Waals surface area contributed by atoms with Crippen molar-refractivity contribution in [1.82, 2.24) is 15.1 Å². The minimum Gasteiger partial charge on any atom is -0.497 e. The molecule has 1 amide bonds. The molecule has 0 radical (unpaired) electrons. The molecule has 0 unspecified atom stereocenters. The summed E-state index contributed by atoms with van der Waals surface area (Å²) in [6, 6.07) is 16.0. The molecule has 0 aliphatic carbocycles. The van der Waals surface area contributed by atoms with Crippen LogP contribution in [-0.2, 0) is 17.9 Å². The van der Waals surface area contributed by atoms with Crippen LogP contribution in [0.1, 0.15) is 11.1 Å². The normalized spacial score (nSPS) is 15.2. The minimum absolute atomic E-state index is 0.0615. The second kappa shape index (κ2) is 10.1. The van der Waals surface area contributed by atoms with Gasteiger partial charge in [0.1, 0.15) is 11.5 Å². The summed E-state index contributed by atoms with van der Waals surface area (Å²) in [6.07, 6.45) is 0. The molecule has 2 aromatic carbocycles. The van der Waals surface area contributed by atoms with Crippen molar-refractivity contribution in [3.8, 4) is 11.5 Å². The minimum atomic E-state index is 0.0615. The molecule has 1 heterocycles. The van der Waals surface area contributed by atoms with Gasteiger partial charge >= 0.3 is 0 Å². The Morgan fingerprint density at radius 3 is 2.25 bits per heavy atom. The number of piperazine rings is 1. The summed E-state index contributed by atoms with van der Waals surface area (Å²) in [7, 11) is 3.33. The second-order valence-corrected chi connectivity index (χ2v) is 7.03. The Morgan fingerprint density at radius 2 is 1.57 bits per heavy atom. The Kier molecular flexibility index (Phi) is 7.28. The van der Waals surface area contributed by atoms with Gasteiger partial charge in [-0.15, -0.1) is 0 Å². The highest BCUT2D eigenvalue weighted by molar-refractivity contribution is 5.78. The zero-order valence-corrected chi connectivity index (χ0v) is 16.7. The standard InChI is InChI=1S/C22H29N3O3/c1-27-20-8-6-18(7-9-20)16-24-10-12-25(13-11-24)17-22(26)23-15-19-4-3-5-21(14-19)28-2/h3-9,14H,10-13,15-17H2,1-2H3,(H,23,26). The molecule has 1 aliphatic heterocycles. The number of nitrogens with zero attached hydrogens (tertiary/aromatic N) is 2. The number of methoxy groups -OCH3 is 2. The fraction of sp³-hybridized carbons (Fsp3) is 0.409. The summed E-state index contributed by atoms with van der Waals surface area (Å²) in [4.78, 5) is 16.9. The molecule has 1 aliphatic rings. The van der Waals surface area contributed by atoms with Crippen LogP contribution in [0.2, 0.25) is 0 Å². The maximum atomic E-state index is 12.3. The molecule has 1 saturated heterocycles. The second-order valence-electron chi connectivity index (χ2n) is 7.03. The van der Waals surface area contributed by atoms with E-state index in [1.807, 2.05) is 36.4 Å². The van der Waals surface area contributed by atoms with Crippen LogP contribution in [0.4, 0.5) is 0 Å². The van der Waals surface area contributed by atoms with Crippen molar-refractivity contribution in [3.05, 3.63) is 59.7 Å². The summed E-state index contributed by atoms with van der Waals surface area (Å²) in [6.45, 7) is 5.64. The molecule has 1 N–H and O–H groups in total. The number of benzene rings is 2. The lowest BCUT2D eigenvalue weighted by Gasteiger charge is -2.34. The molecule has 6 heteroatoms. The average molecular weight is 383 g/mol. The largest absolute Gasteiger partial charge is 0.497 e. The molecule has 0 atom stereocenters. The van der Waals surface area contributed by atoms with Crippen LogP contribution in [0.5, 0.6) is 11.5 Å².